The van der Waals surface area contributed by atoms with Crippen LogP contribution in [0.2, 0.25) is 0 Å². The Morgan fingerprint density at radius 1 is 1.04 bits per heavy atom. The van der Waals surface area contributed by atoms with Gasteiger partial charge in [0, 0.05) is 49.9 Å². The maximum absolute atomic E-state index is 12.7. The van der Waals surface area contributed by atoms with Crippen LogP contribution in [0.3, 0.4) is 0 Å². The summed E-state index contributed by atoms with van der Waals surface area (Å²) in [5.41, 5.74) is 1.73. The lowest BCUT2D eigenvalue weighted by atomic mass is 10.0. The molecule has 0 spiro atoms. The Labute approximate surface area is 168 Å². The van der Waals surface area contributed by atoms with Gasteiger partial charge in [0.05, 0.1) is 0 Å². The van der Waals surface area contributed by atoms with Gasteiger partial charge < -0.3 is 25.5 Å². The van der Waals surface area contributed by atoms with Gasteiger partial charge in [-0.05, 0) is 50.9 Å². The summed E-state index contributed by atoms with van der Waals surface area (Å²) in [6.07, 6.45) is 8.09. The number of nitrogens with zero attached hydrogens (tertiary/aromatic N) is 2. The molecule has 1 amide bonds. The highest BCUT2D eigenvalue weighted by molar-refractivity contribution is 5.88. The van der Waals surface area contributed by atoms with Crippen molar-refractivity contribution in [3.05, 3.63) is 23.8 Å². The van der Waals surface area contributed by atoms with Crippen LogP contribution in [0.4, 0.5) is 5.69 Å². The summed E-state index contributed by atoms with van der Waals surface area (Å²) < 4.78 is 0. The highest BCUT2D eigenvalue weighted by atomic mass is 16.3. The Morgan fingerprint density at radius 2 is 1.71 bits per heavy atom. The number of piperidine rings is 1. The first kappa shape index (κ1) is 19.5. The molecule has 0 aromatic heterocycles. The van der Waals surface area contributed by atoms with Crippen molar-refractivity contribution in [2.24, 2.45) is 0 Å². The number of phenols is 1. The fraction of sp³-hybridized carbons (Fsp3) is 0.682. The normalized spacial score (nSPS) is 24.4. The zero-order chi connectivity index (χ0) is 19.3. The van der Waals surface area contributed by atoms with Gasteiger partial charge in [-0.25, -0.2) is 0 Å². The maximum Gasteiger partial charge on any atom is 0.243 e. The maximum atomic E-state index is 12.7. The molecule has 0 saturated carbocycles. The van der Waals surface area contributed by atoms with Gasteiger partial charge in [-0.1, -0.05) is 18.9 Å². The third kappa shape index (κ3) is 4.78. The molecule has 6 nitrogen and oxygen atoms in total. The molecule has 1 unspecified atom stereocenters. The monoisotopic (exact) mass is 386 g/mol. The highest BCUT2D eigenvalue weighted by Crippen LogP contribution is 2.32. The number of fused-ring (bicyclic) bond motifs is 1. The van der Waals surface area contributed by atoms with E-state index in [1.165, 1.54) is 45.3 Å². The number of hydrogen-bond acceptors (Lipinski definition) is 5. The van der Waals surface area contributed by atoms with Crippen LogP contribution in [-0.4, -0.2) is 72.2 Å². The van der Waals surface area contributed by atoms with Gasteiger partial charge in [-0.15, -0.1) is 0 Å². The van der Waals surface area contributed by atoms with Crippen molar-refractivity contribution in [1.29, 1.82) is 0 Å². The second-order valence-electron chi connectivity index (χ2n) is 8.58. The van der Waals surface area contributed by atoms with Crippen molar-refractivity contribution in [3.8, 4) is 5.75 Å². The minimum atomic E-state index is -0.274. The standard InChI is InChI=1S/C22H34N4O2/c27-21-7-5-6-19-18(21)16-20(24-19)22(28)23-17-8-12-26(13-9-17)15-14-25-10-3-1-2-4-11-25/h5-7,17,20,24,27H,1-4,8-16H2,(H,23,28). The largest absolute Gasteiger partial charge is 0.508 e. The average molecular weight is 387 g/mol. The van der Waals surface area contributed by atoms with Gasteiger partial charge in [-0.3, -0.25) is 4.79 Å². The Morgan fingerprint density at radius 3 is 2.39 bits per heavy atom. The van der Waals surface area contributed by atoms with Gasteiger partial charge in [0.15, 0.2) is 0 Å². The van der Waals surface area contributed by atoms with E-state index in [1.807, 2.05) is 12.1 Å². The predicted octanol–water partition coefficient (Wildman–Crippen LogP) is 2.19. The molecular formula is C22H34N4O2. The summed E-state index contributed by atoms with van der Waals surface area (Å²) in [6.45, 7) is 7.00. The molecule has 154 valence electrons. The Bertz CT molecular complexity index is 665. The molecule has 28 heavy (non-hydrogen) atoms. The van der Waals surface area contributed by atoms with E-state index >= 15 is 0 Å². The van der Waals surface area contributed by atoms with E-state index in [0.29, 0.717) is 6.42 Å². The number of phenolic OH excluding ortho intramolecular Hbond substituents is 1. The van der Waals surface area contributed by atoms with Gasteiger partial charge in [-0.2, -0.15) is 0 Å². The SMILES string of the molecule is O=C(NC1CCN(CCN2CCCCCC2)CC1)C1Cc2c(O)cccc2N1. The summed E-state index contributed by atoms with van der Waals surface area (Å²) in [6, 6.07) is 5.40. The first-order valence-electron chi connectivity index (χ1n) is 11.0. The summed E-state index contributed by atoms with van der Waals surface area (Å²) >= 11 is 0. The number of amides is 1. The number of anilines is 1. The molecule has 0 bridgehead atoms. The minimum absolute atomic E-state index is 0.0543. The molecule has 1 atom stereocenters. The fourth-order valence-electron chi connectivity index (χ4n) is 4.77. The van der Waals surface area contributed by atoms with Crippen LogP contribution in [0.5, 0.6) is 5.75 Å². The average Bonchev–Trinajstić information content (AvgIpc) is 2.98. The van der Waals surface area contributed by atoms with Crippen LogP contribution in [0.25, 0.3) is 0 Å². The van der Waals surface area contributed by atoms with E-state index in [-0.39, 0.29) is 23.7 Å². The number of carbonyl (C=O) groups is 1. The quantitative estimate of drug-likeness (QED) is 0.724. The third-order valence-corrected chi connectivity index (χ3v) is 6.57. The van der Waals surface area contributed by atoms with E-state index in [9.17, 15) is 9.90 Å². The summed E-state index contributed by atoms with van der Waals surface area (Å²) in [5, 5.41) is 16.4. The van der Waals surface area contributed by atoms with Gasteiger partial charge in [0.1, 0.15) is 11.8 Å². The van der Waals surface area contributed by atoms with E-state index in [1.54, 1.807) is 6.07 Å². The predicted molar refractivity (Wildman–Crippen MR) is 112 cm³/mol. The van der Waals surface area contributed by atoms with Crippen LogP contribution < -0.4 is 10.6 Å². The molecular weight excluding hydrogens is 352 g/mol. The smallest absolute Gasteiger partial charge is 0.243 e. The Balaban J connectivity index is 1.17. The number of carbonyl (C=O) groups excluding carboxylic acids is 1. The zero-order valence-corrected chi connectivity index (χ0v) is 16.8. The number of nitrogens with one attached hydrogen (secondary N) is 2. The third-order valence-electron chi connectivity index (χ3n) is 6.57. The molecule has 0 aliphatic carbocycles. The van der Waals surface area contributed by atoms with E-state index < -0.39 is 0 Å². The second-order valence-corrected chi connectivity index (χ2v) is 8.58. The second kappa shape index (κ2) is 9.14. The molecule has 3 aliphatic heterocycles. The molecule has 6 heteroatoms. The Hall–Kier alpha value is -1.79. The lowest BCUT2D eigenvalue weighted by Gasteiger charge is -2.34. The fourth-order valence-corrected chi connectivity index (χ4v) is 4.77. The van der Waals surface area contributed by atoms with Crippen molar-refractivity contribution < 1.29 is 9.90 Å². The first-order chi connectivity index (χ1) is 13.7. The van der Waals surface area contributed by atoms with Crippen LogP contribution in [0, 0.1) is 0 Å². The number of hydrogen-bond donors (Lipinski definition) is 3. The van der Waals surface area contributed by atoms with Crippen LogP contribution in [-0.2, 0) is 11.2 Å². The van der Waals surface area contributed by atoms with E-state index in [0.717, 1.165) is 43.7 Å². The van der Waals surface area contributed by atoms with Gasteiger partial charge in [0.25, 0.3) is 0 Å². The Kier molecular flexibility index (Phi) is 6.37. The molecule has 1 aromatic rings. The molecule has 2 saturated heterocycles. The van der Waals surface area contributed by atoms with Crippen molar-refractivity contribution in [2.45, 2.75) is 57.0 Å². The molecule has 3 N–H and O–H groups in total. The topological polar surface area (TPSA) is 67.8 Å². The zero-order valence-electron chi connectivity index (χ0n) is 16.8. The highest BCUT2D eigenvalue weighted by Gasteiger charge is 2.30. The summed E-state index contributed by atoms with van der Waals surface area (Å²) in [7, 11) is 0. The van der Waals surface area contributed by atoms with Crippen LogP contribution in [0.1, 0.15) is 44.1 Å². The lowest BCUT2D eigenvalue weighted by molar-refractivity contribution is -0.122. The van der Waals surface area contributed by atoms with Crippen molar-refractivity contribution in [3.63, 3.8) is 0 Å². The van der Waals surface area contributed by atoms with Gasteiger partial charge >= 0.3 is 0 Å². The number of rotatable bonds is 5. The molecule has 2 fully saturated rings. The van der Waals surface area contributed by atoms with Gasteiger partial charge in [0.2, 0.25) is 5.91 Å². The summed E-state index contributed by atoms with van der Waals surface area (Å²) in [5.74, 6) is 0.330. The molecule has 4 rings (SSSR count). The first-order valence-corrected chi connectivity index (χ1v) is 11.0. The number of likely N-dealkylation sites (tertiary alicyclic amines) is 2. The lowest BCUT2D eigenvalue weighted by Crippen LogP contribution is -2.49. The van der Waals surface area contributed by atoms with Crippen molar-refractivity contribution >= 4 is 11.6 Å². The number of benzene rings is 1. The van der Waals surface area contributed by atoms with E-state index in [4.69, 9.17) is 0 Å². The van der Waals surface area contributed by atoms with E-state index in [2.05, 4.69) is 20.4 Å². The van der Waals surface area contributed by atoms with Crippen LogP contribution >= 0.6 is 0 Å². The van der Waals surface area contributed by atoms with Crippen molar-refractivity contribution in [2.75, 3.05) is 44.6 Å². The van der Waals surface area contributed by atoms with Crippen LogP contribution in [0.15, 0.2) is 18.2 Å². The molecule has 1 aromatic carbocycles. The molecule has 3 aliphatic rings. The minimum Gasteiger partial charge on any atom is -0.508 e. The molecule has 3 heterocycles. The summed E-state index contributed by atoms with van der Waals surface area (Å²) in [4.78, 5) is 17.8. The number of aromatic hydroxyl groups is 1. The molecule has 0 radical (unpaired) electrons. The van der Waals surface area contributed by atoms with Crippen molar-refractivity contribution in [1.82, 2.24) is 15.1 Å².